The maximum absolute atomic E-state index is 12.6. The maximum Gasteiger partial charge on any atom is 0.275 e. The first kappa shape index (κ1) is 16.3. The quantitative estimate of drug-likeness (QED) is 0.631. The molecule has 0 atom stereocenters. The molecule has 0 aromatic heterocycles. The van der Waals surface area contributed by atoms with Crippen LogP contribution in [0.1, 0.15) is 5.56 Å². The van der Waals surface area contributed by atoms with Gasteiger partial charge in [0.25, 0.3) is 15.7 Å². The Balaban J connectivity index is 2.57. The molecule has 0 spiro atoms. The fourth-order valence-corrected chi connectivity index (χ4v) is 3.44. The SMILES string of the molecule is Cc1c(Cl)cc(S(=O)(=O)N(C)c2ccccc2)cc1[N+](=O)[O-]. The molecular formula is C14H13ClN2O4S. The van der Waals surface area contributed by atoms with Gasteiger partial charge in [-0.2, -0.15) is 0 Å². The van der Waals surface area contributed by atoms with E-state index in [2.05, 4.69) is 0 Å². The van der Waals surface area contributed by atoms with E-state index < -0.39 is 14.9 Å². The normalized spacial score (nSPS) is 11.2. The Morgan fingerprint density at radius 3 is 2.32 bits per heavy atom. The van der Waals surface area contributed by atoms with E-state index in [1.807, 2.05) is 0 Å². The molecule has 22 heavy (non-hydrogen) atoms. The monoisotopic (exact) mass is 340 g/mol. The van der Waals surface area contributed by atoms with Crippen LogP contribution in [0.5, 0.6) is 0 Å². The van der Waals surface area contributed by atoms with E-state index in [0.29, 0.717) is 5.69 Å². The van der Waals surface area contributed by atoms with Gasteiger partial charge in [-0.05, 0) is 25.1 Å². The van der Waals surface area contributed by atoms with Crippen molar-refractivity contribution in [3.8, 4) is 0 Å². The second-order valence-electron chi connectivity index (χ2n) is 4.61. The molecule has 0 saturated heterocycles. The van der Waals surface area contributed by atoms with Gasteiger partial charge in [-0.3, -0.25) is 14.4 Å². The van der Waals surface area contributed by atoms with Gasteiger partial charge in [0, 0.05) is 18.7 Å². The standard InChI is InChI=1S/C14H13ClN2O4S/c1-10-13(15)8-12(9-14(10)17(18)19)22(20,21)16(2)11-6-4-3-5-7-11/h3-9H,1-2H3. The second-order valence-corrected chi connectivity index (χ2v) is 6.99. The zero-order chi connectivity index (χ0) is 16.5. The molecule has 0 aliphatic carbocycles. The van der Waals surface area contributed by atoms with Crippen molar-refractivity contribution in [2.45, 2.75) is 11.8 Å². The van der Waals surface area contributed by atoms with Crippen LogP contribution >= 0.6 is 11.6 Å². The molecule has 116 valence electrons. The molecule has 0 unspecified atom stereocenters. The highest BCUT2D eigenvalue weighted by atomic mass is 35.5. The van der Waals surface area contributed by atoms with Crippen molar-refractivity contribution in [3.63, 3.8) is 0 Å². The Morgan fingerprint density at radius 2 is 1.77 bits per heavy atom. The first-order valence-electron chi connectivity index (χ1n) is 6.23. The van der Waals surface area contributed by atoms with Crippen LogP contribution in [0.2, 0.25) is 5.02 Å². The maximum atomic E-state index is 12.6. The third kappa shape index (κ3) is 2.90. The van der Waals surface area contributed by atoms with Gasteiger partial charge in [-0.1, -0.05) is 29.8 Å². The second kappa shape index (κ2) is 5.94. The summed E-state index contributed by atoms with van der Waals surface area (Å²) in [5.41, 5.74) is 0.349. The molecule has 2 aromatic rings. The highest BCUT2D eigenvalue weighted by molar-refractivity contribution is 7.92. The predicted octanol–water partition coefficient (Wildman–Crippen LogP) is 3.38. The largest absolute Gasteiger partial charge is 0.275 e. The summed E-state index contributed by atoms with van der Waals surface area (Å²) in [6.45, 7) is 1.47. The van der Waals surface area contributed by atoms with Crippen LogP contribution in [0, 0.1) is 17.0 Å². The van der Waals surface area contributed by atoms with E-state index in [9.17, 15) is 18.5 Å². The average Bonchev–Trinajstić information content (AvgIpc) is 2.49. The van der Waals surface area contributed by atoms with Crippen molar-refractivity contribution in [1.82, 2.24) is 0 Å². The lowest BCUT2D eigenvalue weighted by molar-refractivity contribution is -0.385. The summed E-state index contributed by atoms with van der Waals surface area (Å²) in [6.07, 6.45) is 0. The lowest BCUT2D eigenvalue weighted by Gasteiger charge is -2.19. The number of rotatable bonds is 4. The topological polar surface area (TPSA) is 80.5 Å². The fraction of sp³-hybridized carbons (Fsp3) is 0.143. The molecule has 0 aliphatic rings. The van der Waals surface area contributed by atoms with Gasteiger partial charge in [-0.25, -0.2) is 8.42 Å². The number of anilines is 1. The highest BCUT2D eigenvalue weighted by Gasteiger charge is 2.26. The van der Waals surface area contributed by atoms with E-state index in [4.69, 9.17) is 11.6 Å². The lowest BCUT2D eigenvalue weighted by atomic mass is 10.2. The van der Waals surface area contributed by atoms with Crippen LogP contribution in [-0.4, -0.2) is 20.4 Å². The summed E-state index contributed by atoms with van der Waals surface area (Å²) >= 11 is 5.93. The number of nitro groups is 1. The van der Waals surface area contributed by atoms with E-state index in [1.165, 1.54) is 20.0 Å². The minimum atomic E-state index is -3.94. The first-order chi connectivity index (χ1) is 10.2. The van der Waals surface area contributed by atoms with E-state index >= 15 is 0 Å². The van der Waals surface area contributed by atoms with Gasteiger partial charge in [0.05, 0.1) is 20.5 Å². The zero-order valence-corrected chi connectivity index (χ0v) is 13.4. The molecule has 0 radical (unpaired) electrons. The molecule has 0 heterocycles. The fourth-order valence-electron chi connectivity index (χ4n) is 1.91. The molecule has 2 aromatic carbocycles. The number of para-hydroxylation sites is 1. The number of benzene rings is 2. The van der Waals surface area contributed by atoms with Crippen LogP contribution in [0.15, 0.2) is 47.4 Å². The van der Waals surface area contributed by atoms with Crippen molar-refractivity contribution in [2.24, 2.45) is 0 Å². The summed E-state index contributed by atoms with van der Waals surface area (Å²) in [5, 5.41) is 11.1. The number of hydrogen-bond acceptors (Lipinski definition) is 4. The van der Waals surface area contributed by atoms with Crippen molar-refractivity contribution >= 4 is 33.0 Å². The minimum Gasteiger partial charge on any atom is -0.269 e. The minimum absolute atomic E-state index is 0.0363. The van der Waals surface area contributed by atoms with Crippen LogP contribution < -0.4 is 4.31 Å². The molecule has 6 nitrogen and oxygen atoms in total. The predicted molar refractivity (Wildman–Crippen MR) is 84.9 cm³/mol. The summed E-state index contributed by atoms with van der Waals surface area (Å²) in [4.78, 5) is 10.2. The Kier molecular flexibility index (Phi) is 4.39. The first-order valence-corrected chi connectivity index (χ1v) is 8.05. The zero-order valence-electron chi connectivity index (χ0n) is 11.9. The highest BCUT2D eigenvalue weighted by Crippen LogP contribution is 2.31. The van der Waals surface area contributed by atoms with Gasteiger partial charge in [0.2, 0.25) is 0 Å². The molecule has 0 fully saturated rings. The third-order valence-electron chi connectivity index (χ3n) is 3.27. The molecule has 0 N–H and O–H groups in total. The van der Waals surface area contributed by atoms with Crippen molar-refractivity contribution < 1.29 is 13.3 Å². The summed E-state index contributed by atoms with van der Waals surface area (Å²) in [5.74, 6) is 0. The number of nitro benzene ring substituents is 1. The number of sulfonamides is 1. The van der Waals surface area contributed by atoms with Gasteiger partial charge < -0.3 is 0 Å². The van der Waals surface area contributed by atoms with Crippen LogP contribution in [-0.2, 0) is 10.0 Å². The molecule has 0 aliphatic heterocycles. The molecular weight excluding hydrogens is 328 g/mol. The van der Waals surface area contributed by atoms with E-state index in [1.54, 1.807) is 30.3 Å². The number of nitrogens with zero attached hydrogens (tertiary/aromatic N) is 2. The Hall–Kier alpha value is -2.12. The van der Waals surface area contributed by atoms with Crippen LogP contribution in [0.25, 0.3) is 0 Å². The average molecular weight is 341 g/mol. The summed E-state index contributed by atoms with van der Waals surface area (Å²) < 4.78 is 26.3. The Morgan fingerprint density at radius 1 is 1.18 bits per heavy atom. The van der Waals surface area contributed by atoms with Gasteiger partial charge in [-0.15, -0.1) is 0 Å². The smallest absolute Gasteiger partial charge is 0.269 e. The molecule has 0 bridgehead atoms. The summed E-state index contributed by atoms with van der Waals surface area (Å²) in [6, 6.07) is 10.7. The van der Waals surface area contributed by atoms with Crippen LogP contribution in [0.3, 0.4) is 0 Å². The molecule has 2 rings (SSSR count). The van der Waals surface area contributed by atoms with Crippen molar-refractivity contribution in [3.05, 3.63) is 63.2 Å². The Bertz CT molecular complexity index is 822. The Labute approximate surface area is 133 Å². The van der Waals surface area contributed by atoms with Gasteiger partial charge in [0.15, 0.2) is 0 Å². The lowest BCUT2D eigenvalue weighted by Crippen LogP contribution is -2.26. The number of hydrogen-bond donors (Lipinski definition) is 0. The molecule has 8 heteroatoms. The van der Waals surface area contributed by atoms with Gasteiger partial charge >= 0.3 is 0 Å². The van der Waals surface area contributed by atoms with Crippen molar-refractivity contribution in [2.75, 3.05) is 11.4 Å². The third-order valence-corrected chi connectivity index (χ3v) is 5.42. The van der Waals surface area contributed by atoms with E-state index in [0.717, 1.165) is 10.4 Å². The number of halogens is 1. The molecule has 0 saturated carbocycles. The van der Waals surface area contributed by atoms with Gasteiger partial charge in [0.1, 0.15) is 0 Å². The summed E-state index contributed by atoms with van der Waals surface area (Å²) in [7, 11) is -2.56. The van der Waals surface area contributed by atoms with Crippen LogP contribution in [0.4, 0.5) is 11.4 Å². The van der Waals surface area contributed by atoms with E-state index in [-0.39, 0.29) is 21.2 Å². The molecule has 0 amide bonds. The van der Waals surface area contributed by atoms with Crippen molar-refractivity contribution in [1.29, 1.82) is 0 Å².